The van der Waals surface area contributed by atoms with E-state index in [1.54, 1.807) is 0 Å². The van der Waals surface area contributed by atoms with Gasteiger partial charge in [0.2, 0.25) is 0 Å². The Hall–Kier alpha value is -0.290. The molecule has 1 saturated carbocycles. The third-order valence-corrected chi connectivity index (χ3v) is 3.74. The normalized spacial score (nSPS) is 28.4. The molecule has 5 heteroatoms. The van der Waals surface area contributed by atoms with Gasteiger partial charge in [0, 0.05) is 6.04 Å². The molecule has 1 rings (SSSR count). The van der Waals surface area contributed by atoms with Crippen molar-refractivity contribution in [2.45, 2.75) is 58.2 Å². The van der Waals surface area contributed by atoms with Crippen molar-refractivity contribution in [1.82, 2.24) is 5.43 Å². The number of alkyl halides is 3. The van der Waals surface area contributed by atoms with Gasteiger partial charge in [-0.25, -0.2) is 0 Å². The van der Waals surface area contributed by atoms with Crippen LogP contribution in [-0.2, 0) is 0 Å². The summed E-state index contributed by atoms with van der Waals surface area (Å²) in [6.07, 6.45) is -1.32. The van der Waals surface area contributed by atoms with Crippen LogP contribution in [-0.4, -0.2) is 12.2 Å². The van der Waals surface area contributed by atoms with E-state index < -0.39 is 12.1 Å². The van der Waals surface area contributed by atoms with Crippen molar-refractivity contribution in [3.05, 3.63) is 0 Å². The monoisotopic (exact) mass is 252 g/mol. The maximum atomic E-state index is 12.5. The van der Waals surface area contributed by atoms with E-state index in [1.807, 2.05) is 0 Å². The van der Waals surface area contributed by atoms with Crippen molar-refractivity contribution in [2.75, 3.05) is 0 Å². The van der Waals surface area contributed by atoms with Gasteiger partial charge in [0.1, 0.15) is 0 Å². The fourth-order valence-electron chi connectivity index (χ4n) is 2.75. The van der Waals surface area contributed by atoms with Crippen molar-refractivity contribution in [1.29, 1.82) is 0 Å². The zero-order valence-corrected chi connectivity index (χ0v) is 10.6. The molecule has 1 unspecified atom stereocenters. The second-order valence-electron chi connectivity index (χ2n) is 5.56. The number of hydrogen-bond acceptors (Lipinski definition) is 2. The van der Waals surface area contributed by atoms with Gasteiger partial charge in [-0.05, 0) is 43.9 Å². The largest absolute Gasteiger partial charge is 0.391 e. The van der Waals surface area contributed by atoms with Crippen molar-refractivity contribution in [3.8, 4) is 0 Å². The fourth-order valence-corrected chi connectivity index (χ4v) is 2.75. The van der Waals surface area contributed by atoms with Gasteiger partial charge in [-0.2, -0.15) is 13.2 Å². The van der Waals surface area contributed by atoms with Gasteiger partial charge >= 0.3 is 6.18 Å². The first-order valence-electron chi connectivity index (χ1n) is 6.37. The Morgan fingerprint density at radius 3 is 2.06 bits per heavy atom. The molecule has 0 aliphatic heterocycles. The highest BCUT2D eigenvalue weighted by Gasteiger charge is 2.42. The van der Waals surface area contributed by atoms with Crippen LogP contribution in [0.5, 0.6) is 0 Å². The molecule has 0 heterocycles. The molecule has 3 N–H and O–H groups in total. The van der Waals surface area contributed by atoms with Crippen molar-refractivity contribution in [3.63, 3.8) is 0 Å². The summed E-state index contributed by atoms with van der Waals surface area (Å²) in [4.78, 5) is 0. The first-order valence-corrected chi connectivity index (χ1v) is 6.37. The van der Waals surface area contributed by atoms with E-state index in [0.29, 0.717) is 24.7 Å². The van der Waals surface area contributed by atoms with Crippen LogP contribution in [0, 0.1) is 17.8 Å². The molecule has 0 aromatic carbocycles. The van der Waals surface area contributed by atoms with Crippen LogP contribution in [0.15, 0.2) is 0 Å². The molecule has 1 aliphatic rings. The highest BCUT2D eigenvalue weighted by molar-refractivity contribution is 4.83. The summed E-state index contributed by atoms with van der Waals surface area (Å²) >= 11 is 0. The zero-order valence-electron chi connectivity index (χ0n) is 10.6. The first-order chi connectivity index (χ1) is 7.84. The van der Waals surface area contributed by atoms with E-state index >= 15 is 0 Å². The average molecular weight is 252 g/mol. The molecule has 102 valence electrons. The minimum Gasteiger partial charge on any atom is -0.271 e. The lowest BCUT2D eigenvalue weighted by Gasteiger charge is -2.35. The zero-order chi connectivity index (χ0) is 13.1. The number of nitrogens with two attached hydrogens (primary N) is 1. The molecule has 2 nitrogen and oxygen atoms in total. The Labute approximate surface area is 101 Å². The standard InChI is InChI=1S/C12H23F3N2/c1-8(2)7-11(17-16)9-3-5-10(6-4-9)12(13,14)15/h8-11,17H,3-7,16H2,1-2H3. The summed E-state index contributed by atoms with van der Waals surface area (Å²) in [7, 11) is 0. The Morgan fingerprint density at radius 1 is 1.18 bits per heavy atom. The number of rotatable bonds is 4. The smallest absolute Gasteiger partial charge is 0.271 e. The predicted molar refractivity (Wildman–Crippen MR) is 62.1 cm³/mol. The summed E-state index contributed by atoms with van der Waals surface area (Å²) in [6, 6.07) is 0.157. The highest BCUT2D eigenvalue weighted by Crippen LogP contribution is 2.40. The van der Waals surface area contributed by atoms with Gasteiger partial charge in [0.25, 0.3) is 0 Å². The molecule has 0 spiro atoms. The second-order valence-corrected chi connectivity index (χ2v) is 5.56. The van der Waals surface area contributed by atoms with Crippen LogP contribution in [0.3, 0.4) is 0 Å². The fraction of sp³-hybridized carbons (Fsp3) is 1.00. The molecular formula is C12H23F3N2. The molecule has 1 fully saturated rings. The van der Waals surface area contributed by atoms with E-state index in [0.717, 1.165) is 6.42 Å². The van der Waals surface area contributed by atoms with Crippen LogP contribution in [0.2, 0.25) is 0 Å². The van der Waals surface area contributed by atoms with Gasteiger partial charge in [0.15, 0.2) is 0 Å². The minimum absolute atomic E-state index is 0.157. The third-order valence-electron chi connectivity index (χ3n) is 3.74. The maximum absolute atomic E-state index is 12.5. The summed E-state index contributed by atoms with van der Waals surface area (Å²) in [6.45, 7) is 4.21. The molecule has 0 aromatic rings. The molecule has 0 bridgehead atoms. The lowest BCUT2D eigenvalue weighted by atomic mass is 9.76. The number of nitrogens with one attached hydrogen (secondary N) is 1. The van der Waals surface area contributed by atoms with Crippen LogP contribution >= 0.6 is 0 Å². The highest BCUT2D eigenvalue weighted by atomic mass is 19.4. The van der Waals surface area contributed by atoms with Gasteiger partial charge in [-0.1, -0.05) is 13.8 Å². The second kappa shape index (κ2) is 6.05. The lowest BCUT2D eigenvalue weighted by molar-refractivity contribution is -0.184. The van der Waals surface area contributed by atoms with E-state index in [9.17, 15) is 13.2 Å². The summed E-state index contributed by atoms with van der Waals surface area (Å²) < 4.78 is 37.6. The quantitative estimate of drug-likeness (QED) is 0.595. The molecule has 17 heavy (non-hydrogen) atoms. The molecule has 0 amide bonds. The minimum atomic E-state index is -4.02. The summed E-state index contributed by atoms with van der Waals surface area (Å²) in [5, 5.41) is 0. The first kappa shape index (κ1) is 14.8. The van der Waals surface area contributed by atoms with Crippen LogP contribution in [0.4, 0.5) is 13.2 Å². The van der Waals surface area contributed by atoms with E-state index in [1.165, 1.54) is 0 Å². The summed E-state index contributed by atoms with van der Waals surface area (Å²) in [5.41, 5.74) is 2.78. The maximum Gasteiger partial charge on any atom is 0.391 e. The van der Waals surface area contributed by atoms with Gasteiger partial charge in [-0.3, -0.25) is 11.3 Å². The number of hydrazine groups is 1. The van der Waals surface area contributed by atoms with Crippen LogP contribution in [0.25, 0.3) is 0 Å². The Morgan fingerprint density at radius 2 is 1.71 bits per heavy atom. The van der Waals surface area contributed by atoms with Gasteiger partial charge in [-0.15, -0.1) is 0 Å². The van der Waals surface area contributed by atoms with Crippen molar-refractivity contribution >= 4 is 0 Å². The SMILES string of the molecule is CC(C)CC(NN)C1CCC(C(F)(F)F)CC1. The molecule has 1 aliphatic carbocycles. The average Bonchev–Trinajstić information content (AvgIpc) is 2.24. The van der Waals surface area contributed by atoms with E-state index in [4.69, 9.17) is 5.84 Å². The Balaban J connectivity index is 2.44. The number of halogens is 3. The molecule has 1 atom stereocenters. The van der Waals surface area contributed by atoms with Gasteiger partial charge in [0.05, 0.1) is 5.92 Å². The lowest BCUT2D eigenvalue weighted by Crippen LogP contribution is -2.44. The van der Waals surface area contributed by atoms with E-state index in [2.05, 4.69) is 19.3 Å². The molecular weight excluding hydrogens is 229 g/mol. The van der Waals surface area contributed by atoms with Crippen molar-refractivity contribution in [2.24, 2.45) is 23.6 Å². The van der Waals surface area contributed by atoms with Gasteiger partial charge < -0.3 is 0 Å². The Kier molecular flexibility index (Phi) is 5.25. The topological polar surface area (TPSA) is 38.0 Å². The predicted octanol–water partition coefficient (Wildman–Crippen LogP) is 3.23. The molecule has 0 aromatic heterocycles. The summed E-state index contributed by atoms with van der Waals surface area (Å²) in [5.74, 6) is 5.20. The Bertz CT molecular complexity index is 220. The molecule has 0 saturated heterocycles. The number of hydrogen-bond donors (Lipinski definition) is 2. The van der Waals surface area contributed by atoms with Crippen LogP contribution < -0.4 is 11.3 Å². The van der Waals surface area contributed by atoms with E-state index in [-0.39, 0.29) is 18.9 Å². The van der Waals surface area contributed by atoms with Crippen LogP contribution in [0.1, 0.15) is 46.0 Å². The molecule has 0 radical (unpaired) electrons. The van der Waals surface area contributed by atoms with Crippen molar-refractivity contribution < 1.29 is 13.2 Å². The third kappa shape index (κ3) is 4.47.